The molecular formula is C23H31Cl2N5O2S. The fourth-order valence-electron chi connectivity index (χ4n) is 4.00. The second-order valence-corrected chi connectivity index (χ2v) is 10.4. The topological polar surface area (TPSA) is 88.9 Å². The van der Waals surface area contributed by atoms with Gasteiger partial charge in [0.25, 0.3) is 5.91 Å². The zero-order chi connectivity index (χ0) is 24.0. The summed E-state index contributed by atoms with van der Waals surface area (Å²) in [5.41, 5.74) is 0.350. The average Bonchev–Trinajstić information content (AvgIpc) is 3.18. The molecule has 0 radical (unpaired) electrons. The van der Waals surface area contributed by atoms with Gasteiger partial charge in [-0.05, 0) is 43.9 Å². The molecular weight excluding hydrogens is 481 g/mol. The number of benzene rings is 1. The van der Waals surface area contributed by atoms with E-state index in [9.17, 15) is 9.59 Å². The van der Waals surface area contributed by atoms with Crippen LogP contribution in [-0.4, -0.2) is 38.4 Å². The molecule has 1 atom stereocenters. The van der Waals surface area contributed by atoms with Crippen molar-refractivity contribution in [1.82, 2.24) is 25.4 Å². The van der Waals surface area contributed by atoms with Gasteiger partial charge in [0.1, 0.15) is 0 Å². The lowest BCUT2D eigenvalue weighted by Crippen LogP contribution is -2.37. The molecule has 2 aromatic rings. The first-order chi connectivity index (χ1) is 15.8. The summed E-state index contributed by atoms with van der Waals surface area (Å²) in [5.74, 6) is 0.712. The molecule has 0 saturated heterocycles. The summed E-state index contributed by atoms with van der Waals surface area (Å²) in [5, 5.41) is 16.3. The minimum absolute atomic E-state index is 0.0187. The number of carbonyl (C=O) groups excluding carboxylic acids is 2. The molecule has 1 aliphatic rings. The summed E-state index contributed by atoms with van der Waals surface area (Å²) < 4.78 is 1.95. The fraction of sp³-hybridized carbons (Fsp3) is 0.565. The lowest BCUT2D eigenvalue weighted by molar-refractivity contribution is -0.119. The number of rotatable bonds is 9. The van der Waals surface area contributed by atoms with E-state index in [1.807, 2.05) is 25.3 Å². The molecule has 7 nitrogen and oxygen atoms in total. The molecule has 1 aliphatic carbocycles. The second kappa shape index (κ2) is 12.1. The van der Waals surface area contributed by atoms with Crippen LogP contribution in [0.15, 0.2) is 23.4 Å². The van der Waals surface area contributed by atoms with Gasteiger partial charge in [0.2, 0.25) is 5.91 Å². The predicted molar refractivity (Wildman–Crippen MR) is 133 cm³/mol. The Labute approximate surface area is 209 Å². The quantitative estimate of drug-likeness (QED) is 0.447. The van der Waals surface area contributed by atoms with Crippen molar-refractivity contribution >= 4 is 46.8 Å². The summed E-state index contributed by atoms with van der Waals surface area (Å²) in [7, 11) is 0. The van der Waals surface area contributed by atoms with Gasteiger partial charge >= 0.3 is 0 Å². The molecule has 3 rings (SSSR count). The molecule has 180 valence electrons. The summed E-state index contributed by atoms with van der Waals surface area (Å²) in [4.78, 5) is 25.3. The van der Waals surface area contributed by atoms with E-state index in [4.69, 9.17) is 23.2 Å². The Kier molecular flexibility index (Phi) is 9.47. The van der Waals surface area contributed by atoms with Crippen molar-refractivity contribution in [3.05, 3.63) is 39.6 Å². The van der Waals surface area contributed by atoms with Crippen molar-refractivity contribution in [2.24, 2.45) is 5.92 Å². The maximum absolute atomic E-state index is 12.9. The first kappa shape index (κ1) is 25.8. The smallest absolute Gasteiger partial charge is 0.253 e. The molecule has 0 spiro atoms. The van der Waals surface area contributed by atoms with Crippen LogP contribution < -0.4 is 10.6 Å². The highest BCUT2D eigenvalue weighted by Gasteiger charge is 2.27. The SMILES string of the molecule is CCn1c(SCC(=O)NC2CCCCC2)nnc1[C@H](NC(=O)c1ccc(Cl)cc1Cl)C(C)C. The zero-order valence-electron chi connectivity index (χ0n) is 19.2. The van der Waals surface area contributed by atoms with E-state index < -0.39 is 0 Å². The van der Waals surface area contributed by atoms with Crippen LogP contribution in [-0.2, 0) is 11.3 Å². The van der Waals surface area contributed by atoms with Crippen LogP contribution in [0.2, 0.25) is 10.0 Å². The van der Waals surface area contributed by atoms with Gasteiger partial charge < -0.3 is 15.2 Å². The van der Waals surface area contributed by atoms with Crippen LogP contribution >= 0.6 is 35.0 Å². The first-order valence-electron chi connectivity index (χ1n) is 11.4. The number of nitrogens with zero attached hydrogens (tertiary/aromatic N) is 3. The standard InChI is InChI=1S/C23H31Cl2N5O2S/c1-4-30-21(20(14(2)3)27-22(32)17-11-10-15(24)12-18(17)25)28-29-23(30)33-13-19(31)26-16-8-6-5-7-9-16/h10-12,14,16,20H,4-9,13H2,1-3H3,(H,26,31)(H,27,32)/t20-/m1/s1. The number of thioether (sulfide) groups is 1. The largest absolute Gasteiger partial charge is 0.353 e. The third-order valence-electron chi connectivity index (χ3n) is 5.77. The van der Waals surface area contributed by atoms with Crippen LogP contribution in [0.4, 0.5) is 0 Å². The Hall–Kier alpha value is -1.77. The lowest BCUT2D eigenvalue weighted by Gasteiger charge is -2.23. The van der Waals surface area contributed by atoms with Crippen LogP contribution in [0, 0.1) is 5.92 Å². The molecule has 1 aromatic heterocycles. The second-order valence-electron chi connectivity index (χ2n) is 8.60. The maximum Gasteiger partial charge on any atom is 0.253 e. The van der Waals surface area contributed by atoms with E-state index in [0.29, 0.717) is 33.1 Å². The van der Waals surface area contributed by atoms with E-state index in [1.165, 1.54) is 31.0 Å². The van der Waals surface area contributed by atoms with Gasteiger partial charge in [0, 0.05) is 17.6 Å². The Morgan fingerprint density at radius 1 is 1.18 bits per heavy atom. The van der Waals surface area contributed by atoms with E-state index in [2.05, 4.69) is 20.8 Å². The van der Waals surface area contributed by atoms with E-state index >= 15 is 0 Å². The summed E-state index contributed by atoms with van der Waals surface area (Å²) in [6.07, 6.45) is 5.71. The van der Waals surface area contributed by atoms with Crippen LogP contribution in [0.5, 0.6) is 0 Å². The molecule has 33 heavy (non-hydrogen) atoms. The van der Waals surface area contributed by atoms with E-state index in [-0.39, 0.29) is 35.6 Å². The number of nitrogens with one attached hydrogen (secondary N) is 2. The fourth-order valence-corrected chi connectivity index (χ4v) is 5.32. The van der Waals surface area contributed by atoms with Gasteiger partial charge in [-0.15, -0.1) is 10.2 Å². The number of halogens is 2. The molecule has 1 heterocycles. The molecule has 2 N–H and O–H groups in total. The van der Waals surface area contributed by atoms with Crippen molar-refractivity contribution in [2.45, 2.75) is 76.7 Å². The van der Waals surface area contributed by atoms with Gasteiger partial charge in [0.15, 0.2) is 11.0 Å². The highest BCUT2D eigenvalue weighted by atomic mass is 35.5. The number of carbonyl (C=O) groups is 2. The van der Waals surface area contributed by atoms with Gasteiger partial charge in [-0.25, -0.2) is 0 Å². The Bertz CT molecular complexity index is 976. The molecule has 0 aliphatic heterocycles. The Morgan fingerprint density at radius 2 is 1.91 bits per heavy atom. The van der Waals surface area contributed by atoms with Gasteiger partial charge in [-0.1, -0.05) is 68.1 Å². The normalized spacial score (nSPS) is 15.5. The first-order valence-corrected chi connectivity index (χ1v) is 13.2. The average molecular weight is 513 g/mol. The predicted octanol–water partition coefficient (Wildman–Crippen LogP) is 5.27. The number of aromatic nitrogens is 3. The molecule has 2 amide bonds. The van der Waals surface area contributed by atoms with E-state index in [1.54, 1.807) is 18.2 Å². The molecule has 1 fully saturated rings. The Morgan fingerprint density at radius 3 is 2.55 bits per heavy atom. The zero-order valence-corrected chi connectivity index (χ0v) is 21.6. The molecule has 0 bridgehead atoms. The van der Waals surface area contributed by atoms with Crippen molar-refractivity contribution in [3.63, 3.8) is 0 Å². The number of hydrogen-bond acceptors (Lipinski definition) is 5. The molecule has 10 heteroatoms. The minimum atomic E-state index is -0.373. The Balaban J connectivity index is 1.69. The van der Waals surface area contributed by atoms with Gasteiger partial charge in [0.05, 0.1) is 22.4 Å². The highest BCUT2D eigenvalue weighted by molar-refractivity contribution is 7.99. The minimum Gasteiger partial charge on any atom is -0.353 e. The lowest BCUT2D eigenvalue weighted by atomic mass is 9.95. The molecule has 1 saturated carbocycles. The highest BCUT2D eigenvalue weighted by Crippen LogP contribution is 2.27. The van der Waals surface area contributed by atoms with Crippen molar-refractivity contribution in [2.75, 3.05) is 5.75 Å². The van der Waals surface area contributed by atoms with Crippen LogP contribution in [0.3, 0.4) is 0 Å². The molecule has 1 aromatic carbocycles. The van der Waals surface area contributed by atoms with Crippen molar-refractivity contribution < 1.29 is 9.59 Å². The van der Waals surface area contributed by atoms with E-state index in [0.717, 1.165) is 12.8 Å². The third kappa shape index (κ3) is 6.87. The number of hydrogen-bond donors (Lipinski definition) is 2. The summed E-state index contributed by atoms with van der Waals surface area (Å²) in [6.45, 7) is 6.63. The van der Waals surface area contributed by atoms with Crippen LogP contribution in [0.25, 0.3) is 0 Å². The van der Waals surface area contributed by atoms with Gasteiger partial charge in [-0.3, -0.25) is 9.59 Å². The van der Waals surface area contributed by atoms with Crippen molar-refractivity contribution in [1.29, 1.82) is 0 Å². The van der Waals surface area contributed by atoms with Gasteiger partial charge in [-0.2, -0.15) is 0 Å². The molecule has 0 unspecified atom stereocenters. The maximum atomic E-state index is 12.9. The van der Waals surface area contributed by atoms with Crippen molar-refractivity contribution in [3.8, 4) is 0 Å². The summed E-state index contributed by atoms with van der Waals surface area (Å²) in [6, 6.07) is 4.70. The number of amides is 2. The third-order valence-corrected chi connectivity index (χ3v) is 7.29. The summed E-state index contributed by atoms with van der Waals surface area (Å²) >= 11 is 13.5. The van der Waals surface area contributed by atoms with Crippen LogP contribution in [0.1, 0.15) is 75.1 Å². The monoisotopic (exact) mass is 511 g/mol.